The van der Waals surface area contributed by atoms with E-state index in [2.05, 4.69) is 13.8 Å². The van der Waals surface area contributed by atoms with Gasteiger partial charge >= 0.3 is 0 Å². The highest BCUT2D eigenvalue weighted by Crippen LogP contribution is 2.28. The van der Waals surface area contributed by atoms with Crippen molar-refractivity contribution < 1.29 is 9.53 Å². The second-order valence-electron chi connectivity index (χ2n) is 9.24. The first-order valence-electron chi connectivity index (χ1n) is 11.4. The molecule has 3 rings (SSSR count). The van der Waals surface area contributed by atoms with Gasteiger partial charge in [-0.05, 0) is 63.6 Å². The summed E-state index contributed by atoms with van der Waals surface area (Å²) in [7, 11) is 0. The maximum atomic E-state index is 13.3. The molecular formula is C24H34ClN3O3S. The molecule has 1 amide bonds. The van der Waals surface area contributed by atoms with E-state index < -0.39 is 0 Å². The average Bonchev–Trinajstić information content (AvgIpc) is 2.71. The van der Waals surface area contributed by atoms with Crippen LogP contribution in [0.25, 0.3) is 10.9 Å². The van der Waals surface area contributed by atoms with E-state index in [-0.39, 0.29) is 22.8 Å². The zero-order valence-corrected chi connectivity index (χ0v) is 21.2. The molecule has 6 nitrogen and oxygen atoms in total. The zero-order valence-electron chi connectivity index (χ0n) is 19.6. The van der Waals surface area contributed by atoms with Gasteiger partial charge in [0.2, 0.25) is 5.91 Å². The van der Waals surface area contributed by atoms with Crippen LogP contribution in [-0.2, 0) is 16.1 Å². The summed E-state index contributed by atoms with van der Waals surface area (Å²) in [4.78, 5) is 33.2. The van der Waals surface area contributed by atoms with Gasteiger partial charge in [0.05, 0.1) is 22.3 Å². The highest BCUT2D eigenvalue weighted by atomic mass is 35.5. The fourth-order valence-electron chi connectivity index (χ4n) is 4.31. The van der Waals surface area contributed by atoms with Crippen molar-refractivity contribution in [3.63, 3.8) is 0 Å². The van der Waals surface area contributed by atoms with E-state index in [1.807, 2.05) is 25.7 Å². The highest BCUT2D eigenvalue weighted by molar-refractivity contribution is 8.00. The van der Waals surface area contributed by atoms with Crippen molar-refractivity contribution in [3.05, 3.63) is 33.6 Å². The van der Waals surface area contributed by atoms with Crippen molar-refractivity contribution in [2.45, 2.75) is 70.5 Å². The number of benzene rings is 1. The summed E-state index contributed by atoms with van der Waals surface area (Å²) in [6.45, 7) is 12.9. The first-order chi connectivity index (χ1) is 15.2. The number of hydrogen-bond acceptors (Lipinski definition) is 5. The number of carbonyl (C=O) groups excluding carboxylic acids is 1. The molecule has 1 aliphatic rings. The lowest BCUT2D eigenvalue weighted by atomic mass is 9.92. The lowest BCUT2D eigenvalue weighted by molar-refractivity contribution is -0.132. The van der Waals surface area contributed by atoms with Crippen LogP contribution in [0.1, 0.15) is 47.5 Å². The van der Waals surface area contributed by atoms with Crippen molar-refractivity contribution in [3.8, 4) is 0 Å². The standard InChI is InChI=1S/C24H34ClN3O3S/c1-15(2)31-10-6-9-28-23(30)20-8-7-19(25)12-21(20)26-24(28)32-18(5)22(29)27-13-16(3)11-17(4)14-27/h7-8,12,15-18H,6,9-11,13-14H2,1-5H3/t16-,17-,18-/m1/s1. The van der Waals surface area contributed by atoms with E-state index >= 15 is 0 Å². The first kappa shape index (κ1) is 25.1. The van der Waals surface area contributed by atoms with Crippen molar-refractivity contribution in [1.29, 1.82) is 0 Å². The quantitative estimate of drug-likeness (QED) is 0.307. The summed E-state index contributed by atoms with van der Waals surface area (Å²) >= 11 is 7.50. The monoisotopic (exact) mass is 479 g/mol. The number of piperidine rings is 1. The average molecular weight is 480 g/mol. The van der Waals surface area contributed by atoms with Gasteiger partial charge in [-0.3, -0.25) is 14.2 Å². The minimum Gasteiger partial charge on any atom is -0.379 e. The summed E-state index contributed by atoms with van der Waals surface area (Å²) < 4.78 is 7.32. The molecule has 1 aromatic heterocycles. The molecule has 3 atom stereocenters. The maximum absolute atomic E-state index is 13.3. The third kappa shape index (κ3) is 6.27. The van der Waals surface area contributed by atoms with Gasteiger partial charge in [0.15, 0.2) is 5.16 Å². The van der Waals surface area contributed by atoms with E-state index in [0.29, 0.717) is 52.5 Å². The van der Waals surface area contributed by atoms with Crippen LogP contribution in [0.3, 0.4) is 0 Å². The number of aromatic nitrogens is 2. The second-order valence-corrected chi connectivity index (χ2v) is 11.0. The summed E-state index contributed by atoms with van der Waals surface area (Å²) in [5, 5.41) is 1.27. The number of nitrogens with zero attached hydrogens (tertiary/aromatic N) is 3. The lowest BCUT2D eigenvalue weighted by Gasteiger charge is -2.36. The number of halogens is 1. The summed E-state index contributed by atoms with van der Waals surface area (Å²) in [6, 6.07) is 5.12. The van der Waals surface area contributed by atoms with Crippen molar-refractivity contribution >= 4 is 40.2 Å². The Kier molecular flexibility index (Phi) is 8.64. The number of fused-ring (bicyclic) bond motifs is 1. The Balaban J connectivity index is 1.86. The third-order valence-electron chi connectivity index (χ3n) is 5.67. The van der Waals surface area contributed by atoms with E-state index in [1.165, 1.54) is 11.8 Å². The van der Waals surface area contributed by atoms with Gasteiger partial charge in [-0.1, -0.05) is 37.2 Å². The molecule has 0 saturated carbocycles. The van der Waals surface area contributed by atoms with Crippen molar-refractivity contribution in [1.82, 2.24) is 14.5 Å². The smallest absolute Gasteiger partial charge is 0.262 e. The van der Waals surface area contributed by atoms with E-state index in [0.717, 1.165) is 19.5 Å². The van der Waals surface area contributed by atoms with Crippen LogP contribution in [0.2, 0.25) is 5.02 Å². The molecule has 1 fully saturated rings. The molecule has 8 heteroatoms. The molecule has 0 spiro atoms. The van der Waals surface area contributed by atoms with Gasteiger partial charge in [-0.15, -0.1) is 0 Å². The number of rotatable bonds is 8. The fraction of sp³-hybridized carbons (Fsp3) is 0.625. The van der Waals surface area contributed by atoms with Crippen LogP contribution in [-0.4, -0.2) is 51.4 Å². The predicted molar refractivity (Wildman–Crippen MR) is 132 cm³/mol. The molecule has 0 unspecified atom stereocenters. The SMILES string of the molecule is CC(C)OCCCn1c(S[C@H](C)C(=O)N2C[C@H](C)C[C@@H](C)C2)nc2cc(Cl)ccc2c1=O. The molecule has 176 valence electrons. The van der Waals surface area contributed by atoms with Crippen LogP contribution >= 0.6 is 23.4 Å². The summed E-state index contributed by atoms with van der Waals surface area (Å²) in [5.41, 5.74) is 0.443. The molecule has 32 heavy (non-hydrogen) atoms. The van der Waals surface area contributed by atoms with Crippen molar-refractivity contribution in [2.75, 3.05) is 19.7 Å². The largest absolute Gasteiger partial charge is 0.379 e. The Labute approximate surface area is 199 Å². The fourth-order valence-corrected chi connectivity index (χ4v) is 5.50. The molecule has 0 radical (unpaired) electrons. The Morgan fingerprint density at radius 3 is 2.59 bits per heavy atom. The van der Waals surface area contributed by atoms with Crippen LogP contribution < -0.4 is 5.56 Å². The molecule has 2 aromatic rings. The van der Waals surface area contributed by atoms with Gasteiger partial charge < -0.3 is 9.64 Å². The number of hydrogen-bond donors (Lipinski definition) is 0. The first-order valence-corrected chi connectivity index (χ1v) is 12.7. The number of likely N-dealkylation sites (tertiary alicyclic amines) is 1. The van der Waals surface area contributed by atoms with Gasteiger partial charge in [0.1, 0.15) is 0 Å². The Hall–Kier alpha value is -1.57. The number of carbonyl (C=O) groups is 1. The van der Waals surface area contributed by atoms with Crippen LogP contribution in [0.5, 0.6) is 0 Å². The predicted octanol–water partition coefficient (Wildman–Crippen LogP) is 4.85. The van der Waals surface area contributed by atoms with E-state index in [9.17, 15) is 9.59 Å². The Bertz CT molecular complexity index is 1000. The minimum atomic E-state index is -0.339. The molecule has 1 aliphatic heterocycles. The van der Waals surface area contributed by atoms with Crippen molar-refractivity contribution in [2.24, 2.45) is 11.8 Å². The molecule has 1 aromatic carbocycles. The van der Waals surface area contributed by atoms with E-state index in [1.54, 1.807) is 22.8 Å². The van der Waals surface area contributed by atoms with Crippen LogP contribution in [0, 0.1) is 11.8 Å². The van der Waals surface area contributed by atoms with Crippen LogP contribution in [0.4, 0.5) is 0 Å². The molecule has 1 saturated heterocycles. The number of thioether (sulfide) groups is 1. The maximum Gasteiger partial charge on any atom is 0.262 e. The Morgan fingerprint density at radius 1 is 1.25 bits per heavy atom. The third-order valence-corrected chi connectivity index (χ3v) is 6.98. The topological polar surface area (TPSA) is 64.4 Å². The number of amides is 1. The second kappa shape index (κ2) is 11.0. The number of ether oxygens (including phenoxy) is 1. The summed E-state index contributed by atoms with van der Waals surface area (Å²) in [5.74, 6) is 1.10. The lowest BCUT2D eigenvalue weighted by Crippen LogP contribution is -2.45. The minimum absolute atomic E-state index is 0.100. The molecular weight excluding hydrogens is 446 g/mol. The van der Waals surface area contributed by atoms with Gasteiger partial charge in [-0.25, -0.2) is 4.98 Å². The van der Waals surface area contributed by atoms with E-state index in [4.69, 9.17) is 21.3 Å². The zero-order chi connectivity index (χ0) is 23.4. The van der Waals surface area contributed by atoms with Gasteiger partial charge in [-0.2, -0.15) is 0 Å². The highest BCUT2D eigenvalue weighted by Gasteiger charge is 2.29. The summed E-state index contributed by atoms with van der Waals surface area (Å²) in [6.07, 6.45) is 1.98. The van der Waals surface area contributed by atoms with Gasteiger partial charge in [0.25, 0.3) is 5.56 Å². The molecule has 2 heterocycles. The Morgan fingerprint density at radius 2 is 1.94 bits per heavy atom. The molecule has 0 N–H and O–H groups in total. The molecule has 0 bridgehead atoms. The van der Waals surface area contributed by atoms with Gasteiger partial charge in [0, 0.05) is 31.3 Å². The van der Waals surface area contributed by atoms with Crippen LogP contribution in [0.15, 0.2) is 28.2 Å². The normalized spacial score (nSPS) is 20.2. The molecule has 0 aliphatic carbocycles.